The summed E-state index contributed by atoms with van der Waals surface area (Å²) in [6.45, 7) is 2.70. The van der Waals surface area contributed by atoms with E-state index in [2.05, 4.69) is 5.32 Å². The number of ether oxygens (including phenoxy) is 3. The standard InChI is InChI=1S/C22H25F2NO4/c1-14-18(23)7-8-19(24)20(14)22-13-29-17(9-16(22)11-28-21(26)25-22)12-27-10-15-5-3-2-4-6-15/h2-8,14,16-17,20H,9-13H2,1H3,(H,25,26)/t14?,16-,17+,20?,22-/m0/s1. The minimum Gasteiger partial charge on any atom is -0.449 e. The smallest absolute Gasteiger partial charge is 0.407 e. The molecule has 5 nitrogen and oxygen atoms in total. The average Bonchev–Trinajstić information content (AvgIpc) is 2.72. The molecule has 3 aliphatic rings. The van der Waals surface area contributed by atoms with Gasteiger partial charge in [0, 0.05) is 17.8 Å². The maximum absolute atomic E-state index is 14.8. The number of allylic oxidation sites excluding steroid dienone is 3. The van der Waals surface area contributed by atoms with Gasteiger partial charge < -0.3 is 19.5 Å². The van der Waals surface area contributed by atoms with Gasteiger partial charge in [-0.25, -0.2) is 13.6 Å². The summed E-state index contributed by atoms with van der Waals surface area (Å²) < 4.78 is 46.0. The van der Waals surface area contributed by atoms with Gasteiger partial charge in [-0.2, -0.15) is 0 Å². The van der Waals surface area contributed by atoms with Crippen LogP contribution >= 0.6 is 0 Å². The van der Waals surface area contributed by atoms with Gasteiger partial charge >= 0.3 is 6.09 Å². The van der Waals surface area contributed by atoms with Crippen molar-refractivity contribution in [2.45, 2.75) is 31.6 Å². The van der Waals surface area contributed by atoms with Crippen LogP contribution in [0.4, 0.5) is 13.6 Å². The highest BCUT2D eigenvalue weighted by Crippen LogP contribution is 2.47. The number of rotatable bonds is 5. The van der Waals surface area contributed by atoms with Gasteiger partial charge in [0.15, 0.2) is 0 Å². The summed E-state index contributed by atoms with van der Waals surface area (Å²) in [6, 6.07) is 9.82. The summed E-state index contributed by atoms with van der Waals surface area (Å²) in [5, 5.41) is 2.78. The minimum atomic E-state index is -1.04. The number of halogens is 2. The second-order valence-corrected chi connectivity index (χ2v) is 8.00. The minimum absolute atomic E-state index is 0.0790. The number of benzene rings is 1. The fourth-order valence-electron chi connectivity index (χ4n) is 4.65. The molecule has 2 heterocycles. The number of amides is 1. The molecule has 2 aliphatic heterocycles. The van der Waals surface area contributed by atoms with E-state index in [1.54, 1.807) is 6.92 Å². The van der Waals surface area contributed by atoms with Crippen molar-refractivity contribution in [2.24, 2.45) is 17.8 Å². The Bertz CT molecular complexity index is 812. The fourth-order valence-corrected chi connectivity index (χ4v) is 4.65. The zero-order valence-electron chi connectivity index (χ0n) is 16.3. The van der Waals surface area contributed by atoms with Crippen LogP contribution in [0.5, 0.6) is 0 Å². The van der Waals surface area contributed by atoms with Gasteiger partial charge in [0.2, 0.25) is 0 Å². The van der Waals surface area contributed by atoms with Gasteiger partial charge in [0.25, 0.3) is 0 Å². The molecule has 7 heteroatoms. The Morgan fingerprint density at radius 1 is 1.21 bits per heavy atom. The molecule has 2 unspecified atom stereocenters. The lowest BCUT2D eigenvalue weighted by molar-refractivity contribution is -0.141. The molecule has 156 valence electrons. The number of cyclic esters (lactones) is 1. The fraction of sp³-hybridized carbons (Fsp3) is 0.500. The predicted molar refractivity (Wildman–Crippen MR) is 102 cm³/mol. The average molecular weight is 405 g/mol. The third-order valence-electron chi connectivity index (χ3n) is 6.19. The molecule has 1 aromatic carbocycles. The molecule has 0 radical (unpaired) electrons. The zero-order chi connectivity index (χ0) is 20.4. The summed E-state index contributed by atoms with van der Waals surface area (Å²) in [6.07, 6.45) is 1.98. The maximum atomic E-state index is 14.8. The molecular weight excluding hydrogens is 380 g/mol. The summed E-state index contributed by atoms with van der Waals surface area (Å²) in [4.78, 5) is 12.0. The highest BCUT2D eigenvalue weighted by Gasteiger charge is 2.57. The molecule has 2 saturated heterocycles. The first-order valence-corrected chi connectivity index (χ1v) is 9.90. The van der Waals surface area contributed by atoms with Crippen LogP contribution in [0.25, 0.3) is 0 Å². The topological polar surface area (TPSA) is 56.8 Å². The summed E-state index contributed by atoms with van der Waals surface area (Å²) >= 11 is 0. The normalized spacial score (nSPS) is 34.4. The van der Waals surface area contributed by atoms with Gasteiger partial charge in [-0.1, -0.05) is 37.3 Å². The first-order valence-electron chi connectivity index (χ1n) is 9.90. The molecule has 1 aliphatic carbocycles. The van der Waals surface area contributed by atoms with Gasteiger partial charge in [-0.15, -0.1) is 0 Å². The van der Waals surface area contributed by atoms with E-state index in [-0.39, 0.29) is 25.2 Å². The van der Waals surface area contributed by atoms with Crippen molar-refractivity contribution in [1.82, 2.24) is 5.32 Å². The third kappa shape index (κ3) is 3.94. The first-order chi connectivity index (χ1) is 14.0. The molecule has 5 atom stereocenters. The van der Waals surface area contributed by atoms with Crippen molar-refractivity contribution < 1.29 is 27.8 Å². The molecule has 1 N–H and O–H groups in total. The molecule has 0 spiro atoms. The van der Waals surface area contributed by atoms with Crippen LogP contribution in [0.3, 0.4) is 0 Å². The lowest BCUT2D eigenvalue weighted by Gasteiger charge is -2.53. The van der Waals surface area contributed by atoms with Crippen LogP contribution in [0, 0.1) is 17.8 Å². The van der Waals surface area contributed by atoms with E-state index in [4.69, 9.17) is 14.2 Å². The third-order valence-corrected chi connectivity index (χ3v) is 6.19. The molecule has 1 amide bonds. The Morgan fingerprint density at radius 3 is 2.76 bits per heavy atom. The van der Waals surface area contributed by atoms with Crippen LogP contribution < -0.4 is 5.32 Å². The number of hydrogen-bond acceptors (Lipinski definition) is 4. The van der Waals surface area contributed by atoms with Crippen molar-refractivity contribution in [1.29, 1.82) is 0 Å². The highest BCUT2D eigenvalue weighted by atomic mass is 19.1. The van der Waals surface area contributed by atoms with E-state index in [0.717, 1.165) is 17.7 Å². The molecule has 1 aromatic rings. The van der Waals surface area contributed by atoms with Crippen molar-refractivity contribution in [2.75, 3.05) is 19.8 Å². The van der Waals surface area contributed by atoms with Crippen LogP contribution in [0.1, 0.15) is 18.9 Å². The Morgan fingerprint density at radius 2 is 1.97 bits per heavy atom. The van der Waals surface area contributed by atoms with Crippen LogP contribution in [0.2, 0.25) is 0 Å². The van der Waals surface area contributed by atoms with Gasteiger partial charge in [0.1, 0.15) is 11.7 Å². The molecule has 0 saturated carbocycles. The molecule has 29 heavy (non-hydrogen) atoms. The number of nitrogens with one attached hydrogen (secondary N) is 1. The van der Waals surface area contributed by atoms with E-state index in [0.29, 0.717) is 19.6 Å². The van der Waals surface area contributed by atoms with Crippen molar-refractivity contribution in [3.8, 4) is 0 Å². The van der Waals surface area contributed by atoms with Gasteiger partial charge in [-0.3, -0.25) is 0 Å². The van der Waals surface area contributed by atoms with E-state index in [1.807, 2.05) is 30.3 Å². The Labute approximate surface area is 168 Å². The van der Waals surface area contributed by atoms with Crippen molar-refractivity contribution >= 4 is 6.09 Å². The Kier molecular flexibility index (Phi) is 5.69. The van der Waals surface area contributed by atoms with E-state index in [1.165, 1.54) is 0 Å². The van der Waals surface area contributed by atoms with E-state index in [9.17, 15) is 13.6 Å². The first kappa shape index (κ1) is 20.0. The van der Waals surface area contributed by atoms with Crippen molar-refractivity contribution in [3.63, 3.8) is 0 Å². The molecule has 2 fully saturated rings. The predicted octanol–water partition coefficient (Wildman–Crippen LogP) is 4.06. The van der Waals surface area contributed by atoms with Crippen molar-refractivity contribution in [3.05, 3.63) is 59.7 Å². The van der Waals surface area contributed by atoms with Crippen LogP contribution in [0.15, 0.2) is 54.1 Å². The number of fused-ring (bicyclic) bond motifs is 1. The number of hydrogen-bond donors (Lipinski definition) is 1. The zero-order valence-corrected chi connectivity index (χ0v) is 16.3. The number of alkyl carbamates (subject to hydrolysis) is 1. The second kappa shape index (κ2) is 8.24. The van der Waals surface area contributed by atoms with Crippen LogP contribution in [-0.2, 0) is 20.8 Å². The van der Waals surface area contributed by atoms with E-state index < -0.39 is 35.1 Å². The molecular formula is C22H25F2NO4. The monoisotopic (exact) mass is 405 g/mol. The van der Waals surface area contributed by atoms with Gasteiger partial charge in [-0.05, 0) is 24.1 Å². The Hall–Kier alpha value is -2.25. The highest BCUT2D eigenvalue weighted by molar-refractivity contribution is 5.70. The molecule has 0 bridgehead atoms. The Balaban J connectivity index is 1.46. The lowest BCUT2D eigenvalue weighted by Crippen LogP contribution is -2.70. The quantitative estimate of drug-likeness (QED) is 0.803. The van der Waals surface area contributed by atoms with Crippen LogP contribution in [-0.4, -0.2) is 37.6 Å². The summed E-state index contributed by atoms with van der Waals surface area (Å²) in [5.74, 6) is -2.60. The number of carbonyl (C=O) groups is 1. The van der Waals surface area contributed by atoms with E-state index >= 15 is 0 Å². The number of carbonyl (C=O) groups excluding carboxylic acids is 1. The largest absolute Gasteiger partial charge is 0.449 e. The SMILES string of the molecule is CC1C(F)=CC=C(F)C1[C@]12CO[C@@H](COCc3ccccc3)C[C@H]1COC(=O)N2. The molecule has 0 aromatic heterocycles. The van der Waals surface area contributed by atoms with Gasteiger partial charge in [0.05, 0.1) is 38.1 Å². The summed E-state index contributed by atoms with van der Waals surface area (Å²) in [7, 11) is 0. The maximum Gasteiger partial charge on any atom is 0.407 e. The summed E-state index contributed by atoms with van der Waals surface area (Å²) in [5.41, 5.74) is 0.0214. The lowest BCUT2D eigenvalue weighted by atomic mass is 9.64. The molecule has 4 rings (SSSR count). The second-order valence-electron chi connectivity index (χ2n) is 8.00.